The monoisotopic (exact) mass is 511 g/mol. The predicted octanol–water partition coefficient (Wildman–Crippen LogP) is 3.38. The molecule has 3 rings (SSSR count). The minimum atomic E-state index is -4.70. The molecule has 11 heteroatoms. The zero-order valence-electron chi connectivity index (χ0n) is 19.6. The first kappa shape index (κ1) is 26.7. The quantitative estimate of drug-likeness (QED) is 0.644. The fourth-order valence-corrected chi connectivity index (χ4v) is 5.33. The van der Waals surface area contributed by atoms with Crippen molar-refractivity contribution in [1.82, 2.24) is 14.5 Å². The first-order valence-corrected chi connectivity index (χ1v) is 12.6. The van der Waals surface area contributed by atoms with E-state index in [1.165, 1.54) is 4.90 Å². The number of amides is 2. The molecule has 35 heavy (non-hydrogen) atoms. The van der Waals surface area contributed by atoms with E-state index in [9.17, 15) is 31.2 Å². The van der Waals surface area contributed by atoms with Gasteiger partial charge in [0.1, 0.15) is 6.04 Å². The highest BCUT2D eigenvalue weighted by atomic mass is 32.2. The third kappa shape index (κ3) is 6.21. The van der Waals surface area contributed by atoms with Crippen LogP contribution in [0.3, 0.4) is 0 Å². The Morgan fingerprint density at radius 3 is 2.26 bits per heavy atom. The number of carbonyl (C=O) groups is 2. The van der Waals surface area contributed by atoms with Crippen LogP contribution in [0.1, 0.15) is 36.7 Å². The van der Waals surface area contributed by atoms with Gasteiger partial charge in [-0.15, -0.1) is 0 Å². The van der Waals surface area contributed by atoms with Gasteiger partial charge in [0.25, 0.3) is 5.91 Å². The van der Waals surface area contributed by atoms with E-state index in [4.69, 9.17) is 0 Å². The molecule has 2 unspecified atom stereocenters. The number of alkyl halides is 3. The van der Waals surface area contributed by atoms with Crippen LogP contribution < -0.4 is 4.72 Å². The second-order valence-electron chi connectivity index (χ2n) is 8.87. The number of hydrogen-bond donors (Lipinski definition) is 1. The molecule has 1 aliphatic rings. The molecule has 1 saturated heterocycles. The minimum Gasteiger partial charge on any atom is -0.337 e. The van der Waals surface area contributed by atoms with E-state index in [2.05, 4.69) is 4.72 Å². The average molecular weight is 512 g/mol. The third-order valence-electron chi connectivity index (χ3n) is 5.91. The lowest BCUT2D eigenvalue weighted by atomic mass is 10.0. The molecular formula is C24H28F3N3O4S. The first-order valence-electron chi connectivity index (χ1n) is 11.2. The van der Waals surface area contributed by atoms with Gasteiger partial charge in [0.2, 0.25) is 15.9 Å². The fraction of sp³-hybridized carbons (Fsp3) is 0.417. The molecule has 0 spiro atoms. The summed E-state index contributed by atoms with van der Waals surface area (Å²) in [4.78, 5) is 28.7. The lowest BCUT2D eigenvalue weighted by Crippen LogP contribution is -2.59. The van der Waals surface area contributed by atoms with Gasteiger partial charge in [0, 0.05) is 31.2 Å². The van der Waals surface area contributed by atoms with Crippen LogP contribution in [0.2, 0.25) is 0 Å². The van der Waals surface area contributed by atoms with Gasteiger partial charge in [-0.2, -0.15) is 17.9 Å². The Kier molecular flexibility index (Phi) is 7.90. The van der Waals surface area contributed by atoms with Crippen molar-refractivity contribution in [3.8, 4) is 0 Å². The van der Waals surface area contributed by atoms with E-state index in [1.807, 2.05) is 6.07 Å². The highest BCUT2D eigenvalue weighted by Gasteiger charge is 2.37. The Labute approximate surface area is 203 Å². The van der Waals surface area contributed by atoms with Gasteiger partial charge in [-0.05, 0) is 43.2 Å². The summed E-state index contributed by atoms with van der Waals surface area (Å²) in [5.74, 6) is -1.12. The molecule has 0 aliphatic carbocycles. The van der Waals surface area contributed by atoms with Gasteiger partial charge < -0.3 is 9.80 Å². The van der Waals surface area contributed by atoms with Crippen molar-refractivity contribution < 1.29 is 31.2 Å². The van der Waals surface area contributed by atoms with Crippen LogP contribution in [0.5, 0.6) is 0 Å². The third-order valence-corrected chi connectivity index (χ3v) is 7.35. The summed E-state index contributed by atoms with van der Waals surface area (Å²) >= 11 is 0. The van der Waals surface area contributed by atoms with Crippen molar-refractivity contribution >= 4 is 21.8 Å². The number of halogens is 3. The van der Waals surface area contributed by atoms with Crippen molar-refractivity contribution in [3.63, 3.8) is 0 Å². The van der Waals surface area contributed by atoms with Crippen LogP contribution in [0.4, 0.5) is 13.2 Å². The van der Waals surface area contributed by atoms with Crippen molar-refractivity contribution in [3.05, 3.63) is 65.7 Å². The van der Waals surface area contributed by atoms with E-state index in [1.54, 1.807) is 49.9 Å². The maximum absolute atomic E-state index is 13.3. The minimum absolute atomic E-state index is 0.157. The first-order chi connectivity index (χ1) is 16.3. The fourth-order valence-electron chi connectivity index (χ4n) is 3.95. The number of sulfonamides is 1. The summed E-state index contributed by atoms with van der Waals surface area (Å²) < 4.78 is 67.2. The van der Waals surface area contributed by atoms with Crippen molar-refractivity contribution in [2.75, 3.05) is 19.6 Å². The summed E-state index contributed by atoms with van der Waals surface area (Å²) in [5.41, 5.74) is -0.561. The molecule has 2 aromatic carbocycles. The normalized spacial score (nSPS) is 18.0. The molecule has 1 aliphatic heterocycles. The number of nitrogens with zero attached hydrogens (tertiary/aromatic N) is 2. The summed E-state index contributed by atoms with van der Waals surface area (Å²) in [7, 11) is -4.41. The van der Waals surface area contributed by atoms with E-state index < -0.39 is 44.5 Å². The predicted molar refractivity (Wildman–Crippen MR) is 124 cm³/mol. The summed E-state index contributed by atoms with van der Waals surface area (Å²) in [5, 5.41) is 0. The molecule has 0 radical (unpaired) electrons. The van der Waals surface area contributed by atoms with Gasteiger partial charge in [0.15, 0.2) is 0 Å². The number of rotatable bonds is 6. The van der Waals surface area contributed by atoms with Crippen LogP contribution in [-0.4, -0.2) is 61.7 Å². The van der Waals surface area contributed by atoms with Crippen LogP contribution in [0, 0.1) is 5.92 Å². The Balaban J connectivity index is 1.74. The average Bonchev–Trinajstić information content (AvgIpc) is 2.81. The molecule has 0 saturated carbocycles. The molecule has 0 aromatic heterocycles. The zero-order valence-corrected chi connectivity index (χ0v) is 20.4. The topological polar surface area (TPSA) is 86.8 Å². The van der Waals surface area contributed by atoms with Crippen LogP contribution >= 0.6 is 0 Å². The highest BCUT2D eigenvalue weighted by Crippen LogP contribution is 2.30. The Hall–Kier alpha value is -2.92. The van der Waals surface area contributed by atoms with Gasteiger partial charge >= 0.3 is 6.18 Å². The van der Waals surface area contributed by atoms with Crippen molar-refractivity contribution in [2.45, 2.75) is 43.9 Å². The van der Waals surface area contributed by atoms with Crippen LogP contribution in [0.25, 0.3) is 0 Å². The molecule has 2 amide bonds. The van der Waals surface area contributed by atoms with Gasteiger partial charge in [-0.1, -0.05) is 38.1 Å². The molecule has 0 bridgehead atoms. The number of carbonyl (C=O) groups excluding carboxylic acids is 2. The Morgan fingerprint density at radius 1 is 1.03 bits per heavy atom. The SMILES string of the molecule is CC(C)C(NS(=O)(=O)c1cccc(C(F)(F)F)c1)C(=O)N1CCN(C(=O)c2ccccc2)C(C)C1. The number of benzene rings is 2. The van der Waals surface area contributed by atoms with Crippen molar-refractivity contribution in [2.24, 2.45) is 5.92 Å². The molecule has 1 heterocycles. The standard InChI is InChI=1S/C24H28F3N3O4S/c1-16(2)21(28-35(33,34)20-11-7-10-19(14-20)24(25,26)27)23(32)29-12-13-30(17(3)15-29)22(31)18-8-5-4-6-9-18/h4-11,14,16-17,21,28H,12-13,15H2,1-3H3. The van der Waals surface area contributed by atoms with Crippen molar-refractivity contribution in [1.29, 1.82) is 0 Å². The summed E-state index contributed by atoms with van der Waals surface area (Å²) in [6.45, 7) is 5.77. The molecule has 190 valence electrons. The van der Waals surface area contributed by atoms with E-state index in [-0.39, 0.29) is 31.6 Å². The molecular weight excluding hydrogens is 483 g/mol. The number of piperazine rings is 1. The van der Waals surface area contributed by atoms with E-state index in [0.29, 0.717) is 11.6 Å². The molecule has 2 aromatic rings. The lowest BCUT2D eigenvalue weighted by molar-refractivity contribution is -0.138. The van der Waals surface area contributed by atoms with Gasteiger partial charge in [-0.3, -0.25) is 9.59 Å². The number of hydrogen-bond acceptors (Lipinski definition) is 4. The highest BCUT2D eigenvalue weighted by molar-refractivity contribution is 7.89. The molecule has 1 fully saturated rings. The summed E-state index contributed by atoms with van der Waals surface area (Å²) in [6, 6.07) is 10.7. The van der Waals surface area contributed by atoms with Gasteiger partial charge in [-0.25, -0.2) is 8.42 Å². The second-order valence-corrected chi connectivity index (χ2v) is 10.6. The number of nitrogens with one attached hydrogen (secondary N) is 1. The summed E-state index contributed by atoms with van der Waals surface area (Å²) in [6.07, 6.45) is -4.70. The van der Waals surface area contributed by atoms with Crippen LogP contribution in [-0.2, 0) is 21.0 Å². The Morgan fingerprint density at radius 2 is 1.69 bits per heavy atom. The second kappa shape index (κ2) is 10.4. The zero-order chi connectivity index (χ0) is 26.0. The Bertz CT molecular complexity index is 1170. The molecule has 1 N–H and O–H groups in total. The van der Waals surface area contributed by atoms with E-state index >= 15 is 0 Å². The maximum atomic E-state index is 13.3. The van der Waals surface area contributed by atoms with Gasteiger partial charge in [0.05, 0.1) is 10.5 Å². The van der Waals surface area contributed by atoms with Crippen LogP contribution in [0.15, 0.2) is 59.5 Å². The lowest BCUT2D eigenvalue weighted by Gasteiger charge is -2.41. The maximum Gasteiger partial charge on any atom is 0.416 e. The molecule has 7 nitrogen and oxygen atoms in total. The smallest absolute Gasteiger partial charge is 0.337 e. The van der Waals surface area contributed by atoms with E-state index in [0.717, 1.165) is 18.2 Å². The molecule has 2 atom stereocenters. The largest absolute Gasteiger partial charge is 0.416 e.